The fourth-order valence-electron chi connectivity index (χ4n) is 10.4. The van der Waals surface area contributed by atoms with Crippen LogP contribution in [0.4, 0.5) is 57.0 Å². The molecule has 0 spiro atoms. The molecule has 2 aliphatic rings. The van der Waals surface area contributed by atoms with Crippen LogP contribution in [0, 0.1) is 6.92 Å². The number of aromatic nitrogens is 1. The first kappa shape index (κ1) is 42.7. The van der Waals surface area contributed by atoms with Crippen molar-refractivity contribution in [1.82, 2.24) is 4.98 Å². The highest BCUT2D eigenvalue weighted by Gasteiger charge is 2.31. The van der Waals surface area contributed by atoms with E-state index in [4.69, 9.17) is 4.98 Å². The van der Waals surface area contributed by atoms with Gasteiger partial charge in [-0.15, -0.1) is 0 Å². The highest BCUT2D eigenvalue weighted by Crippen LogP contribution is 2.53. The standard InChI is InChI=1S/C65H53N5/c1-45-38-64(66-43-59(45)47-22-10-6-11-23-47)70-60-29-17-16-28-57(60)55-26-14-15-27-56(55)58-37-36-52(42-63(58)70)69(51-24-12-7-13-25-51)54-40-48(46-20-8-5-9-21-46)39-53(41-54)68-44-67(61-30-18-19-31-62(61)68)50-34-32-49(33-35-50)65(2,3)4/h5-43H,44H2,1-4H3. The summed E-state index contributed by atoms with van der Waals surface area (Å²) < 4.78 is 0. The molecule has 0 unspecified atom stereocenters. The normalized spacial score (nSPS) is 12.7. The highest BCUT2D eigenvalue weighted by atomic mass is 15.4. The van der Waals surface area contributed by atoms with Crippen LogP contribution in [0.25, 0.3) is 44.5 Å². The van der Waals surface area contributed by atoms with Gasteiger partial charge in [0.05, 0.1) is 22.7 Å². The molecule has 9 aromatic carbocycles. The molecule has 338 valence electrons. The van der Waals surface area contributed by atoms with Crippen LogP contribution >= 0.6 is 0 Å². The minimum absolute atomic E-state index is 0.0704. The Hall–Kier alpha value is -8.67. The van der Waals surface area contributed by atoms with E-state index in [-0.39, 0.29) is 5.41 Å². The number of rotatable bonds is 8. The number of hydrogen-bond acceptors (Lipinski definition) is 5. The van der Waals surface area contributed by atoms with Gasteiger partial charge in [0.2, 0.25) is 0 Å². The van der Waals surface area contributed by atoms with Gasteiger partial charge in [0.25, 0.3) is 0 Å². The Morgan fingerprint density at radius 3 is 1.60 bits per heavy atom. The first-order valence-electron chi connectivity index (χ1n) is 24.2. The first-order chi connectivity index (χ1) is 34.3. The molecule has 0 fully saturated rings. The van der Waals surface area contributed by atoms with Crippen molar-refractivity contribution in [2.24, 2.45) is 0 Å². The Labute approximate surface area is 411 Å². The van der Waals surface area contributed by atoms with Crippen LogP contribution in [0.3, 0.4) is 0 Å². The molecule has 5 nitrogen and oxygen atoms in total. The molecule has 0 saturated carbocycles. The van der Waals surface area contributed by atoms with E-state index in [1.165, 1.54) is 33.8 Å². The number of pyridine rings is 1. The topological polar surface area (TPSA) is 25.9 Å². The quantitative estimate of drug-likeness (QED) is 0.151. The van der Waals surface area contributed by atoms with E-state index in [0.717, 1.165) is 78.9 Å². The monoisotopic (exact) mass is 903 g/mol. The molecule has 0 N–H and O–H groups in total. The van der Waals surface area contributed by atoms with E-state index in [0.29, 0.717) is 6.67 Å². The summed E-state index contributed by atoms with van der Waals surface area (Å²) in [5.41, 5.74) is 21.7. The number of anilines is 10. The third-order valence-corrected chi connectivity index (χ3v) is 13.9. The second-order valence-electron chi connectivity index (χ2n) is 19.4. The molecular formula is C65H53N5. The van der Waals surface area contributed by atoms with E-state index in [1.54, 1.807) is 0 Å². The zero-order valence-corrected chi connectivity index (χ0v) is 40.0. The fraction of sp³-hybridized carbons (Fsp3) is 0.0923. The molecule has 3 heterocycles. The summed E-state index contributed by atoms with van der Waals surface area (Å²) in [4.78, 5) is 15.0. The van der Waals surface area contributed by atoms with E-state index in [2.05, 4.69) is 278 Å². The van der Waals surface area contributed by atoms with E-state index in [1.807, 2.05) is 6.20 Å². The molecule has 2 aliphatic heterocycles. The van der Waals surface area contributed by atoms with Crippen LogP contribution < -0.4 is 19.6 Å². The van der Waals surface area contributed by atoms with Crippen LogP contribution in [-0.4, -0.2) is 11.7 Å². The third-order valence-electron chi connectivity index (χ3n) is 13.9. The van der Waals surface area contributed by atoms with Crippen molar-refractivity contribution in [2.75, 3.05) is 26.3 Å². The molecule has 0 saturated heterocycles. The van der Waals surface area contributed by atoms with E-state index in [9.17, 15) is 0 Å². The van der Waals surface area contributed by atoms with Crippen molar-refractivity contribution in [3.8, 4) is 44.5 Å². The number of hydrogen-bond donors (Lipinski definition) is 0. The number of aryl methyl sites for hydroxylation is 1. The third kappa shape index (κ3) is 7.66. The maximum atomic E-state index is 5.30. The lowest BCUT2D eigenvalue weighted by Gasteiger charge is -2.31. The van der Waals surface area contributed by atoms with Crippen molar-refractivity contribution >= 4 is 57.0 Å². The van der Waals surface area contributed by atoms with Gasteiger partial charge in [-0.05, 0) is 130 Å². The van der Waals surface area contributed by atoms with Crippen LogP contribution in [-0.2, 0) is 5.41 Å². The smallest absolute Gasteiger partial charge is 0.137 e. The second-order valence-corrected chi connectivity index (χ2v) is 19.4. The van der Waals surface area contributed by atoms with E-state index >= 15 is 0 Å². The summed E-state index contributed by atoms with van der Waals surface area (Å²) >= 11 is 0. The van der Waals surface area contributed by atoms with Crippen LogP contribution in [0.5, 0.6) is 0 Å². The Morgan fingerprint density at radius 1 is 0.400 bits per heavy atom. The molecule has 70 heavy (non-hydrogen) atoms. The predicted molar refractivity (Wildman–Crippen MR) is 294 cm³/mol. The van der Waals surface area contributed by atoms with Gasteiger partial charge in [-0.3, -0.25) is 4.90 Å². The van der Waals surface area contributed by atoms with Gasteiger partial charge in [0.1, 0.15) is 12.5 Å². The summed E-state index contributed by atoms with van der Waals surface area (Å²) in [5.74, 6) is 0.862. The molecule has 0 atom stereocenters. The van der Waals surface area contributed by atoms with Crippen molar-refractivity contribution in [1.29, 1.82) is 0 Å². The molecule has 5 heteroatoms. The van der Waals surface area contributed by atoms with Gasteiger partial charge >= 0.3 is 0 Å². The number of nitrogens with zero attached hydrogens (tertiary/aromatic N) is 5. The summed E-state index contributed by atoms with van der Waals surface area (Å²) in [7, 11) is 0. The molecular weight excluding hydrogens is 851 g/mol. The largest absolute Gasteiger partial charge is 0.321 e. The zero-order valence-electron chi connectivity index (χ0n) is 40.0. The average molecular weight is 904 g/mol. The first-order valence-corrected chi connectivity index (χ1v) is 24.2. The molecule has 0 radical (unpaired) electrons. The molecule has 0 amide bonds. The Bertz CT molecular complexity index is 3530. The molecule has 0 aliphatic carbocycles. The average Bonchev–Trinajstić information content (AvgIpc) is 3.74. The fourth-order valence-corrected chi connectivity index (χ4v) is 10.4. The lowest BCUT2D eigenvalue weighted by atomic mass is 9.87. The van der Waals surface area contributed by atoms with Crippen molar-refractivity contribution < 1.29 is 0 Å². The summed E-state index contributed by atoms with van der Waals surface area (Å²) in [6.07, 6.45) is 2.04. The van der Waals surface area contributed by atoms with Crippen LogP contribution in [0.1, 0.15) is 31.9 Å². The van der Waals surface area contributed by atoms with Gasteiger partial charge in [0, 0.05) is 51.3 Å². The summed E-state index contributed by atoms with van der Waals surface area (Å²) in [6.45, 7) is 9.67. The van der Waals surface area contributed by atoms with Gasteiger partial charge in [-0.2, -0.15) is 0 Å². The zero-order chi connectivity index (χ0) is 47.3. The molecule has 0 bridgehead atoms. The number of fused-ring (bicyclic) bond motifs is 6. The summed E-state index contributed by atoms with van der Waals surface area (Å²) in [5, 5.41) is 0. The predicted octanol–water partition coefficient (Wildman–Crippen LogP) is 17.9. The maximum Gasteiger partial charge on any atom is 0.137 e. The summed E-state index contributed by atoms with van der Waals surface area (Å²) in [6, 6.07) is 83.8. The highest BCUT2D eigenvalue weighted by molar-refractivity contribution is 6.03. The SMILES string of the molecule is Cc1cc(N2c3ccccc3-c3ccccc3-c3ccc(N(c4ccccc4)c4cc(-c5ccccc5)cc(N5CN(c6ccc(C(C)(C)C)cc6)c6ccccc65)c4)cc32)ncc1-c1ccccc1. The Balaban J connectivity index is 1.05. The lowest BCUT2D eigenvalue weighted by Crippen LogP contribution is -2.24. The Morgan fingerprint density at radius 2 is 0.957 bits per heavy atom. The molecule has 12 rings (SSSR count). The minimum atomic E-state index is 0.0704. The molecule has 10 aromatic rings. The molecule has 1 aromatic heterocycles. The van der Waals surface area contributed by atoms with Crippen molar-refractivity contribution in [3.63, 3.8) is 0 Å². The number of benzene rings is 9. The second kappa shape index (κ2) is 17.4. The van der Waals surface area contributed by atoms with Crippen LogP contribution in [0.2, 0.25) is 0 Å². The lowest BCUT2D eigenvalue weighted by molar-refractivity contribution is 0.590. The van der Waals surface area contributed by atoms with Crippen molar-refractivity contribution in [2.45, 2.75) is 33.1 Å². The minimum Gasteiger partial charge on any atom is -0.321 e. The van der Waals surface area contributed by atoms with Gasteiger partial charge in [-0.25, -0.2) is 4.98 Å². The van der Waals surface area contributed by atoms with Gasteiger partial charge in [0.15, 0.2) is 0 Å². The van der Waals surface area contributed by atoms with E-state index < -0.39 is 0 Å². The van der Waals surface area contributed by atoms with Gasteiger partial charge < -0.3 is 14.7 Å². The van der Waals surface area contributed by atoms with Crippen molar-refractivity contribution in [3.05, 3.63) is 248 Å². The van der Waals surface area contributed by atoms with Crippen LogP contribution in [0.15, 0.2) is 237 Å². The maximum absolute atomic E-state index is 5.30. The number of para-hydroxylation sites is 4. The Kier molecular flexibility index (Phi) is 10.6. The van der Waals surface area contributed by atoms with Gasteiger partial charge in [-0.1, -0.05) is 172 Å².